The van der Waals surface area contributed by atoms with E-state index in [0.29, 0.717) is 5.56 Å². The number of carbonyl (C=O) groups is 1. The number of esters is 1. The Balaban J connectivity index is 2.07. The third-order valence-corrected chi connectivity index (χ3v) is 4.62. The van der Waals surface area contributed by atoms with Crippen LogP contribution in [0, 0.1) is 0 Å². The zero-order chi connectivity index (χ0) is 22.8. The van der Waals surface area contributed by atoms with E-state index in [1.54, 1.807) is 0 Å². The lowest BCUT2D eigenvalue weighted by Crippen LogP contribution is -2.15. The van der Waals surface area contributed by atoms with Crippen molar-refractivity contribution >= 4 is 23.4 Å². The van der Waals surface area contributed by atoms with E-state index >= 15 is 0 Å². The highest BCUT2D eigenvalue weighted by molar-refractivity contribution is 6.29. The summed E-state index contributed by atoms with van der Waals surface area (Å²) in [5, 5.41) is 0.0937. The van der Waals surface area contributed by atoms with Crippen molar-refractivity contribution in [1.29, 1.82) is 0 Å². The number of nitrogen functional groups attached to an aromatic ring is 1. The normalized spacial score (nSPS) is 12.3. The van der Waals surface area contributed by atoms with Crippen molar-refractivity contribution in [3.63, 3.8) is 0 Å². The largest absolute Gasteiger partial charge is 0.485 e. The Bertz CT molecular complexity index is 1120. The summed E-state index contributed by atoms with van der Waals surface area (Å²) in [7, 11) is 1.18. The van der Waals surface area contributed by atoms with E-state index in [0.717, 1.165) is 6.07 Å². The molecule has 0 amide bonds. The minimum absolute atomic E-state index is 0.00463. The van der Waals surface area contributed by atoms with E-state index in [-0.39, 0.29) is 33.5 Å². The van der Waals surface area contributed by atoms with Gasteiger partial charge < -0.3 is 15.2 Å². The number of carbonyl (C=O) groups excluding carboxylic acids is 1. The van der Waals surface area contributed by atoms with Crippen LogP contribution >= 0.6 is 11.6 Å². The number of hydrogen-bond donors (Lipinski definition) is 1. The highest BCUT2D eigenvalue weighted by Gasteiger charge is 2.35. The number of anilines is 1. The van der Waals surface area contributed by atoms with Gasteiger partial charge in [-0.2, -0.15) is 13.2 Å². The fraction of sp³-hybridized carbons (Fsp3) is 0.190. The van der Waals surface area contributed by atoms with E-state index in [4.69, 9.17) is 26.8 Å². The summed E-state index contributed by atoms with van der Waals surface area (Å²) < 4.78 is 50.8. The summed E-state index contributed by atoms with van der Waals surface area (Å²) in [5.41, 5.74) is 5.62. The van der Waals surface area contributed by atoms with Crippen LogP contribution in [0.25, 0.3) is 11.3 Å². The number of aromatic nitrogens is 2. The number of nitrogens with two attached hydrogens (primary N) is 1. The van der Waals surface area contributed by atoms with Crippen LogP contribution in [-0.2, 0) is 10.9 Å². The van der Waals surface area contributed by atoms with Gasteiger partial charge in [0.15, 0.2) is 0 Å². The van der Waals surface area contributed by atoms with E-state index in [9.17, 15) is 18.0 Å². The Kier molecular flexibility index (Phi) is 6.35. The van der Waals surface area contributed by atoms with Crippen molar-refractivity contribution in [1.82, 2.24) is 9.97 Å². The van der Waals surface area contributed by atoms with Crippen molar-refractivity contribution < 1.29 is 27.4 Å². The summed E-state index contributed by atoms with van der Waals surface area (Å²) in [6.45, 7) is 1.45. The molecular weight excluding hydrogens is 435 g/mol. The van der Waals surface area contributed by atoms with Gasteiger partial charge in [-0.05, 0) is 25.1 Å². The average molecular weight is 452 g/mol. The lowest BCUT2D eigenvalue weighted by molar-refractivity contribution is -0.139. The summed E-state index contributed by atoms with van der Waals surface area (Å²) in [6.07, 6.45) is -4.33. The molecule has 0 unspecified atom stereocenters. The molecule has 0 saturated heterocycles. The van der Waals surface area contributed by atoms with Gasteiger partial charge in [0.05, 0.1) is 18.9 Å². The minimum atomic E-state index is -4.56. The molecule has 1 aromatic heterocycles. The molecule has 6 nitrogen and oxygen atoms in total. The Labute approximate surface area is 180 Å². The van der Waals surface area contributed by atoms with Gasteiger partial charge in [-0.1, -0.05) is 35.9 Å². The maximum absolute atomic E-state index is 13.4. The molecule has 0 bridgehead atoms. The second-order valence-electron chi connectivity index (χ2n) is 6.47. The second-order valence-corrected chi connectivity index (χ2v) is 6.86. The topological polar surface area (TPSA) is 87.3 Å². The Morgan fingerprint density at radius 3 is 2.58 bits per heavy atom. The predicted octanol–water partition coefficient (Wildman–Crippen LogP) is 5.32. The van der Waals surface area contributed by atoms with Gasteiger partial charge in [0.1, 0.15) is 34.1 Å². The second kappa shape index (κ2) is 8.81. The third-order valence-electron chi connectivity index (χ3n) is 4.44. The zero-order valence-corrected chi connectivity index (χ0v) is 17.2. The highest BCUT2D eigenvalue weighted by Crippen LogP contribution is 2.37. The number of methoxy groups -OCH3 is 1. The first-order valence-electron chi connectivity index (χ1n) is 8.95. The molecule has 162 valence electrons. The summed E-state index contributed by atoms with van der Waals surface area (Å²) in [4.78, 5) is 20.2. The van der Waals surface area contributed by atoms with Crippen molar-refractivity contribution in [3.05, 3.63) is 70.5 Å². The van der Waals surface area contributed by atoms with Crippen molar-refractivity contribution in [2.75, 3.05) is 12.8 Å². The molecule has 2 N–H and O–H groups in total. The first kappa shape index (κ1) is 22.4. The molecule has 0 aliphatic rings. The quantitative estimate of drug-likeness (QED) is 0.528. The highest BCUT2D eigenvalue weighted by atomic mass is 35.5. The number of nitrogens with zero attached hydrogens (tertiary/aromatic N) is 2. The fourth-order valence-corrected chi connectivity index (χ4v) is 3.13. The van der Waals surface area contributed by atoms with Crippen LogP contribution in [0.15, 0.2) is 48.7 Å². The van der Waals surface area contributed by atoms with Gasteiger partial charge in [-0.15, -0.1) is 0 Å². The summed E-state index contributed by atoms with van der Waals surface area (Å²) in [6, 6.07) is 9.41. The van der Waals surface area contributed by atoms with Crippen LogP contribution in [0.4, 0.5) is 19.0 Å². The molecule has 0 saturated carbocycles. The maximum Gasteiger partial charge on any atom is 0.416 e. The SMILES string of the molecule is COC(=O)c1ccc(-c2nc(Cl)cnc2N)cc1O[C@H](C)c1ccccc1C(F)(F)F. The van der Waals surface area contributed by atoms with Crippen LogP contribution in [0.2, 0.25) is 5.15 Å². The molecule has 10 heteroatoms. The molecule has 31 heavy (non-hydrogen) atoms. The van der Waals surface area contributed by atoms with Crippen molar-refractivity contribution in [2.45, 2.75) is 19.2 Å². The smallest absolute Gasteiger partial charge is 0.416 e. The Hall–Kier alpha value is -3.33. The first-order chi connectivity index (χ1) is 14.6. The molecule has 0 spiro atoms. The van der Waals surface area contributed by atoms with Gasteiger partial charge in [0, 0.05) is 11.1 Å². The van der Waals surface area contributed by atoms with Crippen LogP contribution in [0.5, 0.6) is 5.75 Å². The van der Waals surface area contributed by atoms with Crippen LogP contribution in [0.1, 0.15) is 34.5 Å². The molecule has 0 radical (unpaired) electrons. The van der Waals surface area contributed by atoms with Gasteiger partial charge >= 0.3 is 12.1 Å². The lowest BCUT2D eigenvalue weighted by Gasteiger charge is -2.21. The van der Waals surface area contributed by atoms with E-state index in [1.807, 2.05) is 0 Å². The van der Waals surface area contributed by atoms with Crippen LogP contribution in [0.3, 0.4) is 0 Å². The van der Waals surface area contributed by atoms with Gasteiger partial charge in [-0.3, -0.25) is 0 Å². The third kappa shape index (κ3) is 4.88. The number of hydrogen-bond acceptors (Lipinski definition) is 6. The fourth-order valence-electron chi connectivity index (χ4n) is 3.00. The Morgan fingerprint density at radius 1 is 1.19 bits per heavy atom. The Morgan fingerprint density at radius 2 is 1.90 bits per heavy atom. The molecule has 0 aliphatic carbocycles. The summed E-state index contributed by atoms with van der Waals surface area (Å²) >= 11 is 5.89. The predicted molar refractivity (Wildman–Crippen MR) is 109 cm³/mol. The van der Waals surface area contributed by atoms with Crippen LogP contribution in [-0.4, -0.2) is 23.0 Å². The first-order valence-corrected chi connectivity index (χ1v) is 9.33. The van der Waals surface area contributed by atoms with Gasteiger partial charge in [0.25, 0.3) is 0 Å². The number of alkyl halides is 3. The van der Waals surface area contributed by atoms with E-state index in [1.165, 1.54) is 56.6 Å². The van der Waals surface area contributed by atoms with Gasteiger partial charge in [-0.25, -0.2) is 14.8 Å². The number of benzene rings is 2. The van der Waals surface area contributed by atoms with E-state index in [2.05, 4.69) is 9.97 Å². The number of ether oxygens (including phenoxy) is 2. The average Bonchev–Trinajstić information content (AvgIpc) is 2.74. The minimum Gasteiger partial charge on any atom is -0.485 e. The molecule has 3 rings (SSSR count). The monoisotopic (exact) mass is 451 g/mol. The number of halogens is 4. The molecule has 1 heterocycles. The molecule has 0 aliphatic heterocycles. The van der Waals surface area contributed by atoms with Crippen LogP contribution < -0.4 is 10.5 Å². The van der Waals surface area contributed by atoms with E-state index < -0.39 is 23.8 Å². The van der Waals surface area contributed by atoms with Gasteiger partial charge in [0.2, 0.25) is 0 Å². The lowest BCUT2D eigenvalue weighted by atomic mass is 10.0. The molecule has 2 aromatic carbocycles. The molecule has 1 atom stereocenters. The number of rotatable bonds is 5. The molecule has 3 aromatic rings. The zero-order valence-electron chi connectivity index (χ0n) is 16.4. The van der Waals surface area contributed by atoms with Crippen molar-refractivity contribution in [3.8, 4) is 17.0 Å². The van der Waals surface area contributed by atoms with Crippen molar-refractivity contribution in [2.24, 2.45) is 0 Å². The molecule has 0 fully saturated rings. The standard InChI is InChI=1S/C21H17ClF3N3O3/c1-11(13-5-3-4-6-15(13)21(23,24)25)31-16-9-12(7-8-14(16)20(29)30-2)18-19(26)27-10-17(22)28-18/h3-11H,1-2H3,(H2,26,27)/t11-/m1/s1. The summed E-state index contributed by atoms with van der Waals surface area (Å²) in [5.74, 6) is -0.644. The molecular formula is C21H17ClF3N3O3. The maximum atomic E-state index is 13.4.